The molecule has 4 aromatic rings. The number of halogens is 1. The zero-order valence-electron chi connectivity index (χ0n) is 28.7. The molecule has 0 unspecified atom stereocenters. The fourth-order valence-corrected chi connectivity index (χ4v) is 5.53. The number of rotatable bonds is 8. The third-order valence-corrected chi connectivity index (χ3v) is 7.55. The van der Waals surface area contributed by atoms with Crippen LogP contribution in [-0.4, -0.2) is 32.9 Å². The Balaban J connectivity index is 1.65. The number of para-hydroxylation sites is 1. The van der Waals surface area contributed by atoms with E-state index in [-0.39, 0.29) is 23.6 Å². The van der Waals surface area contributed by atoms with Gasteiger partial charge in [-0.3, -0.25) is 0 Å². The molecule has 2 heterocycles. The van der Waals surface area contributed by atoms with Crippen LogP contribution in [0.15, 0.2) is 108 Å². The molecule has 0 aliphatic carbocycles. The molecule has 48 heavy (non-hydrogen) atoms. The predicted molar refractivity (Wildman–Crippen MR) is 183 cm³/mol. The van der Waals surface area contributed by atoms with Crippen molar-refractivity contribution >= 4 is 11.9 Å². The van der Waals surface area contributed by atoms with Gasteiger partial charge in [-0.2, -0.15) is 5.10 Å². The summed E-state index contributed by atoms with van der Waals surface area (Å²) >= 11 is 0. The molecule has 9 heteroatoms. The highest BCUT2D eigenvalue weighted by atomic mass is 19.1. The van der Waals surface area contributed by atoms with E-state index in [1.165, 1.54) is 6.07 Å². The van der Waals surface area contributed by atoms with Crippen molar-refractivity contribution in [3.63, 3.8) is 0 Å². The lowest BCUT2D eigenvalue weighted by molar-refractivity contribution is -0.150. The normalized spacial score (nSPS) is 14.1. The number of benzene rings is 3. The van der Waals surface area contributed by atoms with E-state index in [2.05, 4.69) is 5.32 Å². The quantitative estimate of drug-likeness (QED) is 0.192. The van der Waals surface area contributed by atoms with Gasteiger partial charge >= 0.3 is 11.9 Å². The second kappa shape index (κ2) is 13.5. The fourth-order valence-electron chi connectivity index (χ4n) is 5.53. The van der Waals surface area contributed by atoms with E-state index in [0.717, 1.165) is 11.3 Å². The second-order valence-electron chi connectivity index (χ2n) is 13.8. The third-order valence-electron chi connectivity index (χ3n) is 7.55. The Morgan fingerprint density at radius 3 is 1.88 bits per heavy atom. The van der Waals surface area contributed by atoms with Crippen molar-refractivity contribution in [3.05, 3.63) is 125 Å². The lowest BCUT2D eigenvalue weighted by Crippen LogP contribution is -2.36. The molecule has 0 amide bonds. The SMILES string of the molecule is CC1=C(C(=O)OC(C)(C)C)C(c2cn(-c3ccccc3)nc2-c2ccc(OCc3ccccc3F)cc2)C(C(=O)OC(C)(C)C)=C(C)N1. The van der Waals surface area contributed by atoms with Crippen LogP contribution < -0.4 is 10.1 Å². The van der Waals surface area contributed by atoms with Crippen molar-refractivity contribution in [3.8, 4) is 22.7 Å². The lowest BCUT2D eigenvalue weighted by Gasteiger charge is -2.33. The summed E-state index contributed by atoms with van der Waals surface area (Å²) < 4.78 is 33.6. The summed E-state index contributed by atoms with van der Waals surface area (Å²) in [5, 5.41) is 8.24. The minimum atomic E-state index is -0.875. The van der Waals surface area contributed by atoms with E-state index in [1.807, 2.05) is 48.7 Å². The van der Waals surface area contributed by atoms with Crippen LogP contribution in [0.4, 0.5) is 4.39 Å². The smallest absolute Gasteiger partial charge is 0.337 e. The van der Waals surface area contributed by atoms with E-state index in [0.29, 0.717) is 34.0 Å². The Hall–Kier alpha value is -5.18. The highest BCUT2D eigenvalue weighted by Crippen LogP contribution is 2.44. The van der Waals surface area contributed by atoms with Gasteiger partial charge in [0.2, 0.25) is 0 Å². The monoisotopic (exact) mass is 651 g/mol. The van der Waals surface area contributed by atoms with Gasteiger partial charge in [0.1, 0.15) is 29.4 Å². The summed E-state index contributed by atoms with van der Waals surface area (Å²) in [6.45, 7) is 14.5. The maximum Gasteiger partial charge on any atom is 0.337 e. The molecule has 1 N–H and O–H groups in total. The fraction of sp³-hybridized carbons (Fsp3) is 0.308. The lowest BCUT2D eigenvalue weighted by atomic mass is 9.79. The zero-order chi connectivity index (χ0) is 34.8. The molecule has 1 aromatic heterocycles. The van der Waals surface area contributed by atoms with E-state index in [9.17, 15) is 14.0 Å². The average molecular weight is 652 g/mol. The molecular weight excluding hydrogens is 609 g/mol. The molecule has 0 saturated carbocycles. The van der Waals surface area contributed by atoms with Gasteiger partial charge in [-0.15, -0.1) is 0 Å². The summed E-state index contributed by atoms with van der Waals surface area (Å²) in [4.78, 5) is 28.0. The van der Waals surface area contributed by atoms with Gasteiger partial charge in [0.15, 0.2) is 0 Å². The van der Waals surface area contributed by atoms with Crippen LogP contribution in [0, 0.1) is 5.82 Å². The molecule has 0 atom stereocenters. The molecule has 1 aliphatic rings. The number of aromatic nitrogens is 2. The molecule has 0 spiro atoms. The number of carbonyl (C=O) groups excluding carboxylic acids is 2. The average Bonchev–Trinajstić information content (AvgIpc) is 3.44. The molecule has 250 valence electrons. The largest absolute Gasteiger partial charge is 0.489 e. The van der Waals surface area contributed by atoms with E-state index >= 15 is 0 Å². The minimum absolute atomic E-state index is 0.0710. The van der Waals surface area contributed by atoms with E-state index in [4.69, 9.17) is 19.3 Å². The Labute approximate surface area is 281 Å². The van der Waals surface area contributed by atoms with Crippen LogP contribution in [-0.2, 0) is 25.7 Å². The summed E-state index contributed by atoms with van der Waals surface area (Å²) in [5.41, 5.74) is 3.26. The first-order valence-corrected chi connectivity index (χ1v) is 15.9. The highest BCUT2D eigenvalue weighted by molar-refractivity contribution is 6.00. The number of nitrogens with one attached hydrogen (secondary N) is 1. The van der Waals surface area contributed by atoms with E-state index in [1.54, 1.807) is 90.4 Å². The van der Waals surface area contributed by atoms with Crippen molar-refractivity contribution in [1.82, 2.24) is 15.1 Å². The highest BCUT2D eigenvalue weighted by Gasteiger charge is 2.42. The van der Waals surface area contributed by atoms with Gasteiger partial charge in [-0.1, -0.05) is 36.4 Å². The van der Waals surface area contributed by atoms with Crippen molar-refractivity contribution in [2.45, 2.75) is 79.1 Å². The number of ether oxygens (including phenoxy) is 3. The number of dihydropyridines is 1. The summed E-state index contributed by atoms with van der Waals surface area (Å²) in [7, 11) is 0. The minimum Gasteiger partial charge on any atom is -0.489 e. The molecule has 3 aromatic carbocycles. The first-order valence-electron chi connectivity index (χ1n) is 15.9. The van der Waals surface area contributed by atoms with Crippen molar-refractivity contribution in [1.29, 1.82) is 0 Å². The number of esters is 2. The van der Waals surface area contributed by atoms with Gasteiger partial charge in [0, 0.05) is 34.3 Å². The van der Waals surface area contributed by atoms with Gasteiger partial charge in [0.05, 0.1) is 28.4 Å². The van der Waals surface area contributed by atoms with Gasteiger partial charge in [-0.05, 0) is 97.9 Å². The molecule has 8 nitrogen and oxygen atoms in total. The Morgan fingerprint density at radius 2 is 1.33 bits per heavy atom. The number of hydrogen-bond donors (Lipinski definition) is 1. The maximum atomic E-state index is 14.2. The summed E-state index contributed by atoms with van der Waals surface area (Å²) in [6.07, 6.45) is 1.85. The maximum absolute atomic E-state index is 14.2. The molecule has 0 saturated heterocycles. The molecule has 0 radical (unpaired) electrons. The summed E-state index contributed by atoms with van der Waals surface area (Å²) in [6, 6.07) is 23.4. The number of allylic oxidation sites excluding steroid dienone is 2. The van der Waals surface area contributed by atoms with Crippen LogP contribution in [0.1, 0.15) is 72.4 Å². The Morgan fingerprint density at radius 1 is 0.792 bits per heavy atom. The van der Waals surface area contributed by atoms with Crippen LogP contribution in [0.3, 0.4) is 0 Å². The van der Waals surface area contributed by atoms with Gasteiger partial charge in [-0.25, -0.2) is 18.7 Å². The van der Waals surface area contributed by atoms with E-state index < -0.39 is 29.1 Å². The van der Waals surface area contributed by atoms with Crippen LogP contribution >= 0.6 is 0 Å². The Bertz CT molecular complexity index is 1830. The second-order valence-corrected chi connectivity index (χ2v) is 13.8. The predicted octanol–water partition coefficient (Wildman–Crippen LogP) is 8.18. The molecule has 0 bridgehead atoms. The van der Waals surface area contributed by atoms with Crippen molar-refractivity contribution in [2.24, 2.45) is 0 Å². The summed E-state index contributed by atoms with van der Waals surface area (Å²) in [5.74, 6) is -1.77. The van der Waals surface area contributed by atoms with Gasteiger partial charge in [0.25, 0.3) is 0 Å². The molecular formula is C39H42FN3O5. The Kier molecular flexibility index (Phi) is 9.62. The first-order chi connectivity index (χ1) is 22.6. The number of hydrogen-bond acceptors (Lipinski definition) is 7. The standard InChI is InChI=1S/C39H42FN3O5/c1-24-32(36(44)47-38(3,4)5)34(33(25(2)41-24)37(45)48-39(6,7)8)30-22-43(28-15-10-9-11-16-28)42-35(30)26-18-20-29(21-19-26)46-23-27-14-12-13-17-31(27)40/h9-22,34,41H,23H2,1-8H3. The molecule has 1 aliphatic heterocycles. The van der Waals surface area contributed by atoms with Crippen LogP contribution in [0.2, 0.25) is 0 Å². The van der Waals surface area contributed by atoms with Crippen LogP contribution in [0.25, 0.3) is 16.9 Å². The number of carbonyl (C=O) groups is 2. The topological polar surface area (TPSA) is 91.7 Å². The van der Waals surface area contributed by atoms with Crippen molar-refractivity contribution in [2.75, 3.05) is 0 Å². The van der Waals surface area contributed by atoms with Crippen molar-refractivity contribution < 1.29 is 28.2 Å². The van der Waals surface area contributed by atoms with Crippen LogP contribution in [0.5, 0.6) is 5.75 Å². The van der Waals surface area contributed by atoms with Gasteiger partial charge < -0.3 is 19.5 Å². The number of nitrogens with zero attached hydrogens (tertiary/aromatic N) is 2. The zero-order valence-corrected chi connectivity index (χ0v) is 28.7. The molecule has 0 fully saturated rings. The third kappa shape index (κ3) is 7.85. The first kappa shape index (κ1) is 34.2. The molecule has 5 rings (SSSR count).